The van der Waals surface area contributed by atoms with Crippen molar-refractivity contribution in [3.63, 3.8) is 0 Å². The first-order chi connectivity index (χ1) is 9.32. The Labute approximate surface area is 128 Å². The van der Waals surface area contributed by atoms with Gasteiger partial charge in [0.25, 0.3) is 0 Å². The molecule has 0 aliphatic carbocycles. The molecule has 0 spiro atoms. The molecule has 1 saturated heterocycles. The highest BCUT2D eigenvalue weighted by Gasteiger charge is 2.41. The molecule has 1 aromatic carbocycles. The zero-order valence-corrected chi connectivity index (χ0v) is 13.0. The summed E-state index contributed by atoms with van der Waals surface area (Å²) in [5.41, 5.74) is 0.476. The second-order valence-electron chi connectivity index (χ2n) is 5.22. The number of halogens is 2. The van der Waals surface area contributed by atoms with E-state index in [2.05, 4.69) is 5.32 Å². The van der Waals surface area contributed by atoms with Crippen LogP contribution in [0, 0.1) is 5.92 Å². The van der Waals surface area contributed by atoms with Gasteiger partial charge in [-0.05, 0) is 31.0 Å². The molecule has 1 aliphatic heterocycles. The van der Waals surface area contributed by atoms with Crippen molar-refractivity contribution < 1.29 is 9.59 Å². The van der Waals surface area contributed by atoms with E-state index in [1.165, 1.54) is 4.90 Å². The lowest BCUT2D eigenvalue weighted by atomic mass is 9.96. The van der Waals surface area contributed by atoms with Gasteiger partial charge >= 0.3 is 0 Å². The van der Waals surface area contributed by atoms with Crippen LogP contribution >= 0.6 is 23.2 Å². The van der Waals surface area contributed by atoms with Gasteiger partial charge in [-0.3, -0.25) is 14.5 Å². The Morgan fingerprint density at radius 2 is 1.90 bits per heavy atom. The number of hydrogen-bond acceptors (Lipinski definition) is 2. The summed E-state index contributed by atoms with van der Waals surface area (Å²) >= 11 is 12.2. The Morgan fingerprint density at radius 1 is 1.25 bits per heavy atom. The van der Waals surface area contributed by atoms with Gasteiger partial charge in [0, 0.05) is 5.02 Å². The van der Waals surface area contributed by atoms with Crippen molar-refractivity contribution in [2.24, 2.45) is 5.92 Å². The fourth-order valence-corrected chi connectivity index (χ4v) is 2.74. The molecule has 0 saturated carbocycles. The second-order valence-corrected chi connectivity index (χ2v) is 6.07. The summed E-state index contributed by atoms with van der Waals surface area (Å²) in [4.78, 5) is 26.1. The van der Waals surface area contributed by atoms with E-state index in [1.54, 1.807) is 25.1 Å². The van der Waals surface area contributed by atoms with Crippen LogP contribution in [0.2, 0.25) is 10.0 Å². The van der Waals surface area contributed by atoms with E-state index in [-0.39, 0.29) is 17.7 Å². The number of nitrogens with zero attached hydrogens (tertiary/aromatic N) is 1. The van der Waals surface area contributed by atoms with Crippen molar-refractivity contribution in [2.45, 2.75) is 32.9 Å². The fraction of sp³-hybridized carbons (Fsp3) is 0.429. The average molecular weight is 315 g/mol. The van der Waals surface area contributed by atoms with E-state index in [4.69, 9.17) is 23.2 Å². The first-order valence-electron chi connectivity index (χ1n) is 6.41. The van der Waals surface area contributed by atoms with E-state index in [1.807, 2.05) is 13.8 Å². The SMILES string of the molecule is CC1NC(=O)C(C(C)C)N(c2cc(Cl)ccc2Cl)C1=O. The zero-order valence-electron chi connectivity index (χ0n) is 11.5. The van der Waals surface area contributed by atoms with E-state index in [9.17, 15) is 9.59 Å². The van der Waals surface area contributed by atoms with Crippen molar-refractivity contribution in [2.75, 3.05) is 4.90 Å². The number of carbonyl (C=O) groups excluding carboxylic acids is 2. The van der Waals surface area contributed by atoms with Crippen LogP contribution in [-0.2, 0) is 9.59 Å². The third-order valence-electron chi connectivity index (χ3n) is 3.31. The van der Waals surface area contributed by atoms with Crippen molar-refractivity contribution in [1.82, 2.24) is 5.32 Å². The summed E-state index contributed by atoms with van der Waals surface area (Å²) in [6.07, 6.45) is 0. The maximum atomic E-state index is 12.5. The summed E-state index contributed by atoms with van der Waals surface area (Å²) in [7, 11) is 0. The third kappa shape index (κ3) is 2.63. The number of carbonyl (C=O) groups is 2. The largest absolute Gasteiger partial charge is 0.343 e. The van der Waals surface area contributed by atoms with Crippen molar-refractivity contribution in [3.05, 3.63) is 28.2 Å². The van der Waals surface area contributed by atoms with Crippen molar-refractivity contribution in [3.8, 4) is 0 Å². The molecule has 2 unspecified atom stereocenters. The first kappa shape index (κ1) is 15.1. The molecule has 6 heteroatoms. The maximum Gasteiger partial charge on any atom is 0.250 e. The van der Waals surface area contributed by atoms with Crippen LogP contribution in [0.4, 0.5) is 5.69 Å². The summed E-state index contributed by atoms with van der Waals surface area (Å²) < 4.78 is 0. The molecular formula is C14H16Cl2N2O2. The number of anilines is 1. The Morgan fingerprint density at radius 3 is 2.50 bits per heavy atom. The highest BCUT2D eigenvalue weighted by molar-refractivity contribution is 6.36. The molecule has 1 fully saturated rings. The van der Waals surface area contributed by atoms with Crippen LogP contribution < -0.4 is 10.2 Å². The lowest BCUT2D eigenvalue weighted by molar-refractivity contribution is -0.134. The fourth-order valence-electron chi connectivity index (χ4n) is 2.36. The predicted molar refractivity (Wildman–Crippen MR) is 80.2 cm³/mol. The number of rotatable bonds is 2. The molecule has 108 valence electrons. The van der Waals surface area contributed by atoms with Crippen LogP contribution in [0.15, 0.2) is 18.2 Å². The van der Waals surface area contributed by atoms with Crippen LogP contribution in [0.1, 0.15) is 20.8 Å². The molecule has 0 bridgehead atoms. The normalized spacial score (nSPS) is 23.2. The predicted octanol–water partition coefficient (Wildman–Crippen LogP) is 2.87. The van der Waals surface area contributed by atoms with Gasteiger partial charge in [0.2, 0.25) is 11.8 Å². The van der Waals surface area contributed by atoms with Crippen LogP contribution in [0.3, 0.4) is 0 Å². The molecule has 1 aliphatic rings. The topological polar surface area (TPSA) is 49.4 Å². The summed E-state index contributed by atoms with van der Waals surface area (Å²) in [5, 5.41) is 3.56. The van der Waals surface area contributed by atoms with Crippen molar-refractivity contribution >= 4 is 40.7 Å². The van der Waals surface area contributed by atoms with Crippen LogP contribution in [-0.4, -0.2) is 23.9 Å². The Bertz CT molecular complexity index is 560. The highest BCUT2D eigenvalue weighted by atomic mass is 35.5. The standard InChI is InChI=1S/C14H16Cl2N2O2/c1-7(2)12-13(19)17-8(3)14(20)18(12)11-6-9(15)4-5-10(11)16/h4-8,12H,1-3H3,(H,17,19). The van der Waals surface area contributed by atoms with E-state index < -0.39 is 12.1 Å². The number of benzene rings is 1. The van der Waals surface area contributed by atoms with Crippen molar-refractivity contribution in [1.29, 1.82) is 0 Å². The monoisotopic (exact) mass is 314 g/mol. The lowest BCUT2D eigenvalue weighted by Gasteiger charge is -2.40. The summed E-state index contributed by atoms with van der Waals surface area (Å²) in [6, 6.07) is 3.72. The smallest absolute Gasteiger partial charge is 0.250 e. The molecule has 2 amide bonds. The minimum absolute atomic E-state index is 0.0403. The first-order valence-corrected chi connectivity index (χ1v) is 7.17. The molecule has 1 N–H and O–H groups in total. The summed E-state index contributed by atoms with van der Waals surface area (Å²) in [5.74, 6) is -0.405. The van der Waals surface area contributed by atoms with Gasteiger partial charge in [-0.25, -0.2) is 0 Å². The molecule has 4 nitrogen and oxygen atoms in total. The van der Waals surface area contributed by atoms with E-state index in [0.717, 1.165) is 0 Å². The number of amides is 2. The van der Waals surface area contributed by atoms with Gasteiger partial charge < -0.3 is 5.32 Å². The Hall–Kier alpha value is -1.26. The number of hydrogen-bond donors (Lipinski definition) is 1. The molecule has 1 heterocycles. The van der Waals surface area contributed by atoms with Gasteiger partial charge in [-0.15, -0.1) is 0 Å². The molecule has 2 rings (SSSR count). The van der Waals surface area contributed by atoms with Crippen LogP contribution in [0.5, 0.6) is 0 Å². The third-order valence-corrected chi connectivity index (χ3v) is 3.87. The maximum absolute atomic E-state index is 12.5. The molecule has 0 radical (unpaired) electrons. The molecule has 0 aromatic heterocycles. The summed E-state index contributed by atoms with van der Waals surface area (Å²) in [6.45, 7) is 5.43. The zero-order chi connectivity index (χ0) is 15.0. The molecule has 2 atom stereocenters. The quantitative estimate of drug-likeness (QED) is 0.912. The Kier molecular flexibility index (Phi) is 4.25. The van der Waals surface area contributed by atoms with Gasteiger partial charge in [-0.1, -0.05) is 37.0 Å². The Balaban J connectivity index is 2.55. The molecule has 20 heavy (non-hydrogen) atoms. The molecule has 1 aromatic rings. The average Bonchev–Trinajstić information content (AvgIpc) is 2.36. The minimum atomic E-state index is -0.588. The van der Waals surface area contributed by atoms with Gasteiger partial charge in [-0.2, -0.15) is 0 Å². The molecular weight excluding hydrogens is 299 g/mol. The van der Waals surface area contributed by atoms with E-state index >= 15 is 0 Å². The van der Waals surface area contributed by atoms with Crippen LogP contribution in [0.25, 0.3) is 0 Å². The van der Waals surface area contributed by atoms with E-state index in [0.29, 0.717) is 15.7 Å². The second kappa shape index (κ2) is 5.62. The van der Waals surface area contributed by atoms with Gasteiger partial charge in [0.1, 0.15) is 12.1 Å². The minimum Gasteiger partial charge on any atom is -0.343 e. The lowest BCUT2D eigenvalue weighted by Crippen LogP contribution is -2.64. The van der Waals surface area contributed by atoms with Gasteiger partial charge in [0.05, 0.1) is 10.7 Å². The highest BCUT2D eigenvalue weighted by Crippen LogP contribution is 2.33. The number of nitrogens with one attached hydrogen (secondary N) is 1. The van der Waals surface area contributed by atoms with Gasteiger partial charge in [0.15, 0.2) is 0 Å². The number of piperazine rings is 1.